The zero-order valence-electron chi connectivity index (χ0n) is 10.1. The lowest BCUT2D eigenvalue weighted by Crippen LogP contribution is -2.22. The lowest BCUT2D eigenvalue weighted by molar-refractivity contribution is -0.137. The molecule has 2 rings (SSSR count). The molecule has 0 aromatic heterocycles. The van der Waals surface area contributed by atoms with Gasteiger partial charge in [0.1, 0.15) is 0 Å². The van der Waals surface area contributed by atoms with Gasteiger partial charge in [0.15, 0.2) is 0 Å². The summed E-state index contributed by atoms with van der Waals surface area (Å²) in [6.45, 7) is 3.04. The number of likely N-dealkylation sites (tertiary alicyclic amines) is 1. The molecular weight excluding hydrogens is 241 g/mol. The molecule has 1 aromatic rings. The van der Waals surface area contributed by atoms with Gasteiger partial charge in [0.05, 0.1) is 5.56 Å². The molecule has 0 aliphatic carbocycles. The van der Waals surface area contributed by atoms with Gasteiger partial charge in [-0.25, -0.2) is 0 Å². The van der Waals surface area contributed by atoms with Crippen molar-refractivity contribution in [2.75, 3.05) is 25.4 Å². The molecule has 100 valence electrons. The van der Waals surface area contributed by atoms with E-state index < -0.39 is 11.7 Å². The first kappa shape index (κ1) is 13.2. The van der Waals surface area contributed by atoms with Crippen LogP contribution in [0, 0.1) is 0 Å². The third-order valence-electron chi connectivity index (χ3n) is 3.37. The molecule has 1 aromatic carbocycles. The van der Waals surface area contributed by atoms with Crippen LogP contribution in [0.2, 0.25) is 0 Å². The molecule has 1 fully saturated rings. The average molecular weight is 258 g/mol. The topological polar surface area (TPSA) is 29.3 Å². The van der Waals surface area contributed by atoms with Crippen LogP contribution in [0.5, 0.6) is 0 Å². The Bertz CT molecular complexity index is 409. The van der Waals surface area contributed by atoms with Gasteiger partial charge >= 0.3 is 6.18 Å². The lowest BCUT2D eigenvalue weighted by atomic mass is 10.1. The highest BCUT2D eigenvalue weighted by atomic mass is 19.4. The van der Waals surface area contributed by atoms with E-state index >= 15 is 0 Å². The van der Waals surface area contributed by atoms with Crippen molar-refractivity contribution in [2.24, 2.45) is 0 Å². The third kappa shape index (κ3) is 3.16. The molecule has 2 N–H and O–H groups in total. The van der Waals surface area contributed by atoms with Crippen molar-refractivity contribution in [2.45, 2.75) is 25.4 Å². The van der Waals surface area contributed by atoms with Crippen molar-refractivity contribution in [3.05, 3.63) is 29.3 Å². The Hall–Kier alpha value is -1.23. The number of alkyl halides is 3. The van der Waals surface area contributed by atoms with Gasteiger partial charge in [-0.1, -0.05) is 6.07 Å². The summed E-state index contributed by atoms with van der Waals surface area (Å²) >= 11 is 0. The molecular formula is C13H17F3N2. The summed E-state index contributed by atoms with van der Waals surface area (Å²) in [6.07, 6.45) is -1.18. The second-order valence-corrected chi connectivity index (χ2v) is 4.71. The van der Waals surface area contributed by atoms with E-state index in [0.29, 0.717) is 6.42 Å². The van der Waals surface area contributed by atoms with E-state index in [0.717, 1.165) is 37.3 Å². The van der Waals surface area contributed by atoms with Crippen LogP contribution in [0.1, 0.15) is 24.0 Å². The van der Waals surface area contributed by atoms with E-state index in [-0.39, 0.29) is 5.69 Å². The molecule has 0 bridgehead atoms. The second-order valence-electron chi connectivity index (χ2n) is 4.71. The molecule has 1 heterocycles. The molecule has 0 unspecified atom stereocenters. The van der Waals surface area contributed by atoms with Gasteiger partial charge in [-0.3, -0.25) is 0 Å². The zero-order chi connectivity index (χ0) is 13.2. The van der Waals surface area contributed by atoms with Crippen LogP contribution >= 0.6 is 0 Å². The van der Waals surface area contributed by atoms with Crippen molar-refractivity contribution >= 4 is 5.69 Å². The maximum absolute atomic E-state index is 12.5. The first-order chi connectivity index (χ1) is 8.47. The quantitative estimate of drug-likeness (QED) is 0.845. The van der Waals surface area contributed by atoms with Gasteiger partial charge in [0.2, 0.25) is 0 Å². The van der Waals surface area contributed by atoms with E-state index in [9.17, 15) is 13.2 Å². The number of benzene rings is 1. The van der Waals surface area contributed by atoms with Crippen LogP contribution in [-0.2, 0) is 12.6 Å². The van der Waals surface area contributed by atoms with Crippen molar-refractivity contribution < 1.29 is 13.2 Å². The van der Waals surface area contributed by atoms with Crippen molar-refractivity contribution in [3.8, 4) is 0 Å². The van der Waals surface area contributed by atoms with Gasteiger partial charge in [0, 0.05) is 12.2 Å². The summed E-state index contributed by atoms with van der Waals surface area (Å²) in [4.78, 5) is 2.32. The SMILES string of the molecule is Nc1cc(C(F)(F)F)ccc1CCN1CCCC1. The Balaban J connectivity index is 2.01. The third-order valence-corrected chi connectivity index (χ3v) is 3.37. The fourth-order valence-electron chi connectivity index (χ4n) is 2.28. The molecule has 0 atom stereocenters. The number of hydrogen-bond donors (Lipinski definition) is 1. The summed E-state index contributed by atoms with van der Waals surface area (Å²) in [6, 6.07) is 3.63. The highest BCUT2D eigenvalue weighted by Gasteiger charge is 2.30. The summed E-state index contributed by atoms with van der Waals surface area (Å²) in [5.41, 5.74) is 6.05. The molecule has 0 amide bonds. The zero-order valence-corrected chi connectivity index (χ0v) is 10.1. The number of rotatable bonds is 3. The second kappa shape index (κ2) is 5.18. The minimum atomic E-state index is -4.32. The molecule has 1 saturated heterocycles. The average Bonchev–Trinajstić information content (AvgIpc) is 2.79. The number of nitrogens with two attached hydrogens (primary N) is 1. The maximum Gasteiger partial charge on any atom is 0.416 e. The smallest absolute Gasteiger partial charge is 0.398 e. The molecule has 2 nitrogen and oxygen atoms in total. The minimum Gasteiger partial charge on any atom is -0.398 e. The van der Waals surface area contributed by atoms with E-state index in [1.54, 1.807) is 0 Å². The van der Waals surface area contributed by atoms with E-state index in [2.05, 4.69) is 4.90 Å². The highest BCUT2D eigenvalue weighted by molar-refractivity contribution is 5.50. The number of nitrogens with zero attached hydrogens (tertiary/aromatic N) is 1. The fraction of sp³-hybridized carbons (Fsp3) is 0.538. The van der Waals surface area contributed by atoms with E-state index in [1.807, 2.05) is 0 Å². The Kier molecular flexibility index (Phi) is 3.80. The predicted molar refractivity (Wildman–Crippen MR) is 65.2 cm³/mol. The van der Waals surface area contributed by atoms with Crippen molar-refractivity contribution in [3.63, 3.8) is 0 Å². The first-order valence-corrected chi connectivity index (χ1v) is 6.15. The normalized spacial score (nSPS) is 17.3. The van der Waals surface area contributed by atoms with Crippen molar-refractivity contribution in [1.29, 1.82) is 0 Å². The van der Waals surface area contributed by atoms with E-state index in [4.69, 9.17) is 5.73 Å². The van der Waals surface area contributed by atoms with Gasteiger partial charge in [-0.15, -0.1) is 0 Å². The number of halogens is 3. The standard InChI is InChI=1S/C13H17F3N2/c14-13(15,16)11-4-3-10(12(17)9-11)5-8-18-6-1-2-7-18/h3-4,9H,1-2,5-8,17H2. The number of nitrogen functional groups attached to an aromatic ring is 1. The summed E-state index contributed by atoms with van der Waals surface area (Å²) < 4.78 is 37.4. The van der Waals surface area contributed by atoms with E-state index in [1.165, 1.54) is 18.9 Å². The largest absolute Gasteiger partial charge is 0.416 e. The van der Waals surface area contributed by atoms with Gasteiger partial charge in [-0.05, 0) is 50.0 Å². The fourth-order valence-corrected chi connectivity index (χ4v) is 2.28. The molecule has 0 spiro atoms. The number of hydrogen-bond acceptors (Lipinski definition) is 2. The summed E-state index contributed by atoms with van der Waals surface area (Å²) in [7, 11) is 0. The lowest BCUT2D eigenvalue weighted by Gasteiger charge is -2.16. The Morgan fingerprint density at radius 3 is 2.39 bits per heavy atom. The molecule has 18 heavy (non-hydrogen) atoms. The van der Waals surface area contributed by atoms with Crippen LogP contribution in [-0.4, -0.2) is 24.5 Å². The molecule has 1 aliphatic heterocycles. The maximum atomic E-state index is 12.5. The summed E-state index contributed by atoms with van der Waals surface area (Å²) in [5, 5.41) is 0. The minimum absolute atomic E-state index is 0.240. The molecule has 5 heteroatoms. The highest BCUT2D eigenvalue weighted by Crippen LogP contribution is 2.31. The predicted octanol–water partition coefficient (Wildman–Crippen LogP) is 2.93. The van der Waals surface area contributed by atoms with Crippen LogP contribution in [0.3, 0.4) is 0 Å². The number of anilines is 1. The van der Waals surface area contributed by atoms with Crippen LogP contribution in [0.15, 0.2) is 18.2 Å². The van der Waals surface area contributed by atoms with Crippen molar-refractivity contribution in [1.82, 2.24) is 4.90 Å². The molecule has 1 aliphatic rings. The molecule has 0 saturated carbocycles. The Morgan fingerprint density at radius 2 is 1.83 bits per heavy atom. The van der Waals surface area contributed by atoms with Gasteiger partial charge < -0.3 is 10.6 Å². The Morgan fingerprint density at radius 1 is 1.17 bits per heavy atom. The van der Waals surface area contributed by atoms with Crippen LogP contribution < -0.4 is 5.73 Å². The summed E-state index contributed by atoms with van der Waals surface area (Å²) in [5.74, 6) is 0. The first-order valence-electron chi connectivity index (χ1n) is 6.15. The van der Waals surface area contributed by atoms with Crippen LogP contribution in [0.4, 0.5) is 18.9 Å². The van der Waals surface area contributed by atoms with Crippen LogP contribution in [0.25, 0.3) is 0 Å². The Labute approximate surface area is 105 Å². The van der Waals surface area contributed by atoms with Gasteiger partial charge in [0.25, 0.3) is 0 Å². The molecule has 0 radical (unpaired) electrons. The monoisotopic (exact) mass is 258 g/mol. The van der Waals surface area contributed by atoms with Gasteiger partial charge in [-0.2, -0.15) is 13.2 Å².